The molecule has 0 amide bonds. The van der Waals surface area contributed by atoms with Gasteiger partial charge in [0.1, 0.15) is 6.33 Å². The Morgan fingerprint density at radius 2 is 2.69 bits per heavy atom. The van der Waals surface area contributed by atoms with E-state index in [2.05, 4.69) is 15.4 Å². The van der Waals surface area contributed by atoms with Crippen molar-refractivity contribution in [2.45, 2.75) is 19.0 Å². The largest absolute Gasteiger partial charge is 0.380 e. The molecule has 0 aliphatic carbocycles. The lowest BCUT2D eigenvalue weighted by Crippen LogP contribution is -2.29. The lowest BCUT2D eigenvalue weighted by atomic mass is 10.2. The van der Waals surface area contributed by atoms with E-state index in [-0.39, 0.29) is 0 Å². The third-order valence-corrected chi connectivity index (χ3v) is 2.13. The van der Waals surface area contributed by atoms with Crippen molar-refractivity contribution in [1.82, 2.24) is 20.1 Å². The van der Waals surface area contributed by atoms with Crippen LogP contribution in [-0.4, -0.2) is 34.0 Å². The van der Waals surface area contributed by atoms with Gasteiger partial charge < -0.3 is 10.1 Å². The summed E-state index contributed by atoms with van der Waals surface area (Å²) in [6.07, 6.45) is 2.80. The fourth-order valence-corrected chi connectivity index (χ4v) is 1.40. The molecule has 2 rings (SSSR count). The van der Waals surface area contributed by atoms with Gasteiger partial charge in [-0.1, -0.05) is 0 Å². The molecule has 72 valence electrons. The second-order valence-corrected chi connectivity index (χ2v) is 3.28. The zero-order chi connectivity index (χ0) is 9.10. The quantitative estimate of drug-likeness (QED) is 0.697. The van der Waals surface area contributed by atoms with Crippen LogP contribution in [0.5, 0.6) is 0 Å². The highest BCUT2D eigenvalue weighted by Crippen LogP contribution is 2.03. The van der Waals surface area contributed by atoms with Crippen LogP contribution in [0.3, 0.4) is 0 Å². The van der Waals surface area contributed by atoms with E-state index in [4.69, 9.17) is 4.74 Å². The van der Waals surface area contributed by atoms with Crippen molar-refractivity contribution < 1.29 is 4.74 Å². The Morgan fingerprint density at radius 3 is 3.31 bits per heavy atom. The van der Waals surface area contributed by atoms with Gasteiger partial charge in [0.25, 0.3) is 0 Å². The highest BCUT2D eigenvalue weighted by Gasteiger charge is 2.14. The van der Waals surface area contributed by atoms with E-state index in [0.717, 1.165) is 32.0 Å². The van der Waals surface area contributed by atoms with E-state index < -0.39 is 0 Å². The molecule has 0 saturated carbocycles. The van der Waals surface area contributed by atoms with Crippen molar-refractivity contribution in [1.29, 1.82) is 0 Å². The average Bonchev–Trinajstić information content (AvgIpc) is 2.71. The third-order valence-electron chi connectivity index (χ3n) is 2.13. The van der Waals surface area contributed by atoms with Crippen LogP contribution >= 0.6 is 0 Å². The number of ether oxygens (including phenoxy) is 1. The molecule has 0 spiro atoms. The zero-order valence-corrected chi connectivity index (χ0v) is 7.73. The molecule has 1 aromatic heterocycles. The predicted octanol–water partition coefficient (Wildman–Crippen LogP) is -0.306. The molecule has 2 heterocycles. The summed E-state index contributed by atoms with van der Waals surface area (Å²) >= 11 is 0. The second-order valence-electron chi connectivity index (χ2n) is 3.28. The Bertz CT molecular complexity index is 267. The molecule has 0 radical (unpaired) electrons. The molecule has 5 nitrogen and oxygen atoms in total. The fraction of sp³-hybridized carbons (Fsp3) is 0.750. The van der Waals surface area contributed by atoms with Crippen LogP contribution in [0.25, 0.3) is 0 Å². The van der Waals surface area contributed by atoms with E-state index in [1.807, 2.05) is 7.05 Å². The summed E-state index contributed by atoms with van der Waals surface area (Å²) in [5, 5.41) is 7.52. The first-order valence-corrected chi connectivity index (χ1v) is 4.50. The number of rotatable bonds is 3. The molecular formula is C8H14N4O. The Hall–Kier alpha value is -0.940. The first-order valence-electron chi connectivity index (χ1n) is 4.50. The maximum Gasteiger partial charge on any atom is 0.164 e. The summed E-state index contributed by atoms with van der Waals surface area (Å²) in [5.74, 6) is 0.842. The molecular weight excluding hydrogens is 168 g/mol. The lowest BCUT2D eigenvalue weighted by molar-refractivity contribution is 0.189. The lowest BCUT2D eigenvalue weighted by Gasteiger charge is -2.07. The summed E-state index contributed by atoms with van der Waals surface area (Å²) in [6.45, 7) is 2.41. The molecule has 1 aromatic rings. The first-order chi connectivity index (χ1) is 6.34. The van der Waals surface area contributed by atoms with E-state index in [9.17, 15) is 0 Å². The topological polar surface area (TPSA) is 52.0 Å². The van der Waals surface area contributed by atoms with Gasteiger partial charge in [0.2, 0.25) is 0 Å². The molecule has 1 atom stereocenters. The minimum Gasteiger partial charge on any atom is -0.380 e. The van der Waals surface area contributed by atoms with Gasteiger partial charge in [0.05, 0.1) is 13.2 Å². The second kappa shape index (κ2) is 3.85. The minimum absolute atomic E-state index is 0.476. The molecule has 1 aliphatic heterocycles. The first kappa shape index (κ1) is 8.65. The van der Waals surface area contributed by atoms with Gasteiger partial charge in [-0.2, -0.15) is 5.10 Å². The summed E-state index contributed by atoms with van der Waals surface area (Å²) in [5.41, 5.74) is 0. The number of hydrogen-bond acceptors (Lipinski definition) is 4. The van der Waals surface area contributed by atoms with Crippen LogP contribution in [0.1, 0.15) is 12.2 Å². The van der Waals surface area contributed by atoms with E-state index in [1.54, 1.807) is 11.0 Å². The smallest absolute Gasteiger partial charge is 0.164 e. The molecule has 1 N–H and O–H groups in total. The highest BCUT2D eigenvalue weighted by molar-refractivity contribution is 4.82. The average molecular weight is 182 g/mol. The Morgan fingerprint density at radius 1 is 1.77 bits per heavy atom. The summed E-state index contributed by atoms with van der Waals surface area (Å²) in [4.78, 5) is 4.13. The Balaban J connectivity index is 1.78. The SMILES string of the molecule is Cn1cnc(CNC2CCOC2)n1. The van der Waals surface area contributed by atoms with Gasteiger partial charge in [0.15, 0.2) is 5.82 Å². The predicted molar refractivity (Wildman–Crippen MR) is 47.1 cm³/mol. The standard InChI is InChI=1S/C8H14N4O/c1-12-6-10-8(11-12)4-9-7-2-3-13-5-7/h6-7,9H,2-5H2,1H3. The molecule has 1 aliphatic rings. The molecule has 1 fully saturated rings. The van der Waals surface area contributed by atoms with Crippen LogP contribution in [-0.2, 0) is 18.3 Å². The van der Waals surface area contributed by atoms with Crippen molar-refractivity contribution in [3.63, 3.8) is 0 Å². The molecule has 1 saturated heterocycles. The normalized spacial score (nSPS) is 22.4. The maximum atomic E-state index is 5.24. The maximum absolute atomic E-state index is 5.24. The van der Waals surface area contributed by atoms with Gasteiger partial charge in [-0.15, -0.1) is 0 Å². The number of aryl methyl sites for hydroxylation is 1. The third kappa shape index (κ3) is 2.26. The summed E-state index contributed by atoms with van der Waals surface area (Å²) in [6, 6.07) is 0.476. The van der Waals surface area contributed by atoms with Gasteiger partial charge in [-0.3, -0.25) is 4.68 Å². The Labute approximate surface area is 77.1 Å². The summed E-state index contributed by atoms with van der Waals surface area (Å²) < 4.78 is 6.95. The van der Waals surface area contributed by atoms with Crippen molar-refractivity contribution in [2.24, 2.45) is 7.05 Å². The van der Waals surface area contributed by atoms with E-state index >= 15 is 0 Å². The molecule has 1 unspecified atom stereocenters. The number of aromatic nitrogens is 3. The van der Waals surface area contributed by atoms with Gasteiger partial charge >= 0.3 is 0 Å². The molecule has 0 aromatic carbocycles. The van der Waals surface area contributed by atoms with Gasteiger partial charge in [0, 0.05) is 19.7 Å². The van der Waals surface area contributed by atoms with Crippen LogP contribution in [0.4, 0.5) is 0 Å². The number of nitrogens with zero attached hydrogens (tertiary/aromatic N) is 3. The van der Waals surface area contributed by atoms with Crippen molar-refractivity contribution in [3.8, 4) is 0 Å². The van der Waals surface area contributed by atoms with Crippen LogP contribution < -0.4 is 5.32 Å². The van der Waals surface area contributed by atoms with Gasteiger partial charge in [-0.05, 0) is 6.42 Å². The van der Waals surface area contributed by atoms with E-state index in [0.29, 0.717) is 6.04 Å². The van der Waals surface area contributed by atoms with Crippen molar-refractivity contribution in [3.05, 3.63) is 12.2 Å². The van der Waals surface area contributed by atoms with Crippen LogP contribution in [0, 0.1) is 0 Å². The van der Waals surface area contributed by atoms with Gasteiger partial charge in [-0.25, -0.2) is 4.98 Å². The Kier molecular flexibility index (Phi) is 2.56. The summed E-state index contributed by atoms with van der Waals surface area (Å²) in [7, 11) is 1.87. The monoisotopic (exact) mass is 182 g/mol. The molecule has 0 bridgehead atoms. The van der Waals surface area contributed by atoms with E-state index in [1.165, 1.54) is 0 Å². The minimum atomic E-state index is 0.476. The number of nitrogens with one attached hydrogen (secondary N) is 1. The number of hydrogen-bond donors (Lipinski definition) is 1. The molecule has 5 heteroatoms. The van der Waals surface area contributed by atoms with Crippen LogP contribution in [0.2, 0.25) is 0 Å². The van der Waals surface area contributed by atoms with Crippen molar-refractivity contribution >= 4 is 0 Å². The highest BCUT2D eigenvalue weighted by atomic mass is 16.5. The van der Waals surface area contributed by atoms with Crippen LogP contribution in [0.15, 0.2) is 6.33 Å². The molecule has 13 heavy (non-hydrogen) atoms. The zero-order valence-electron chi connectivity index (χ0n) is 7.73. The van der Waals surface area contributed by atoms with Crippen molar-refractivity contribution in [2.75, 3.05) is 13.2 Å². The fourth-order valence-electron chi connectivity index (χ4n) is 1.40.